The zero-order valence-electron chi connectivity index (χ0n) is 13.5. The summed E-state index contributed by atoms with van der Waals surface area (Å²) in [6, 6.07) is 13.4. The van der Waals surface area contributed by atoms with E-state index in [2.05, 4.69) is 15.6 Å². The van der Waals surface area contributed by atoms with Crippen LogP contribution in [0, 0.1) is 13.8 Å². The lowest BCUT2D eigenvalue weighted by Gasteiger charge is -2.05. The van der Waals surface area contributed by atoms with Crippen molar-refractivity contribution in [1.82, 2.24) is 20.3 Å². The van der Waals surface area contributed by atoms with Crippen molar-refractivity contribution in [2.75, 3.05) is 0 Å². The number of amides is 1. The summed E-state index contributed by atoms with van der Waals surface area (Å²) in [5.74, 6) is -0.287. The molecule has 1 aromatic heterocycles. The average molecular weight is 341 g/mol. The number of carbonyl (C=O) groups excluding carboxylic acids is 1. The Hall–Kier alpha value is -2.66. The van der Waals surface area contributed by atoms with Gasteiger partial charge in [-0.25, -0.2) is 4.68 Å². The van der Waals surface area contributed by atoms with E-state index in [-0.39, 0.29) is 11.6 Å². The number of aryl methyl sites for hydroxylation is 2. The average Bonchev–Trinajstić information content (AvgIpc) is 3.06. The van der Waals surface area contributed by atoms with Crippen LogP contribution in [0.5, 0.6) is 0 Å². The van der Waals surface area contributed by atoms with E-state index in [4.69, 9.17) is 11.6 Å². The van der Waals surface area contributed by atoms with Gasteiger partial charge in [0.2, 0.25) is 0 Å². The molecule has 1 amide bonds. The Morgan fingerprint density at radius 3 is 2.71 bits per heavy atom. The monoisotopic (exact) mass is 340 g/mol. The van der Waals surface area contributed by atoms with E-state index in [1.807, 2.05) is 50.2 Å². The molecule has 3 aromatic rings. The first kappa shape index (κ1) is 16.2. The molecule has 122 valence electrons. The summed E-state index contributed by atoms with van der Waals surface area (Å²) >= 11 is 6.08. The molecule has 24 heavy (non-hydrogen) atoms. The molecule has 0 aliphatic rings. The van der Waals surface area contributed by atoms with Crippen molar-refractivity contribution in [2.24, 2.45) is 0 Å². The molecule has 0 unspecified atom stereocenters. The van der Waals surface area contributed by atoms with Crippen molar-refractivity contribution in [3.63, 3.8) is 0 Å². The third kappa shape index (κ3) is 3.46. The van der Waals surface area contributed by atoms with Crippen molar-refractivity contribution < 1.29 is 4.79 Å². The van der Waals surface area contributed by atoms with Gasteiger partial charge in [0, 0.05) is 11.6 Å². The van der Waals surface area contributed by atoms with E-state index in [1.165, 1.54) is 5.56 Å². The highest BCUT2D eigenvalue weighted by Crippen LogP contribution is 2.15. The second-order valence-electron chi connectivity index (χ2n) is 5.59. The lowest BCUT2D eigenvalue weighted by Crippen LogP contribution is -2.23. The third-order valence-corrected chi connectivity index (χ3v) is 4.25. The summed E-state index contributed by atoms with van der Waals surface area (Å²) in [4.78, 5) is 12.2. The molecule has 0 saturated carbocycles. The van der Waals surface area contributed by atoms with Crippen LogP contribution in [-0.4, -0.2) is 20.9 Å². The zero-order valence-corrected chi connectivity index (χ0v) is 14.2. The first-order valence-corrected chi connectivity index (χ1v) is 7.94. The number of nitrogens with one attached hydrogen (secondary N) is 1. The van der Waals surface area contributed by atoms with Gasteiger partial charge in [0.1, 0.15) is 0 Å². The Balaban J connectivity index is 1.72. The quantitative estimate of drug-likeness (QED) is 0.791. The van der Waals surface area contributed by atoms with Gasteiger partial charge >= 0.3 is 0 Å². The minimum absolute atomic E-state index is 0.264. The van der Waals surface area contributed by atoms with E-state index in [0.29, 0.717) is 11.6 Å². The molecule has 2 aromatic carbocycles. The van der Waals surface area contributed by atoms with E-state index >= 15 is 0 Å². The van der Waals surface area contributed by atoms with Crippen LogP contribution in [0.4, 0.5) is 0 Å². The van der Waals surface area contributed by atoms with Gasteiger partial charge in [0.25, 0.3) is 5.91 Å². The number of hydrogen-bond acceptors (Lipinski definition) is 3. The lowest BCUT2D eigenvalue weighted by molar-refractivity contribution is 0.0946. The Labute approximate surface area is 145 Å². The highest BCUT2D eigenvalue weighted by molar-refractivity contribution is 6.31. The minimum atomic E-state index is -0.287. The molecule has 3 rings (SSSR count). The van der Waals surface area contributed by atoms with Crippen LogP contribution in [0.15, 0.2) is 48.7 Å². The van der Waals surface area contributed by atoms with Crippen molar-refractivity contribution >= 4 is 17.5 Å². The topological polar surface area (TPSA) is 59.8 Å². The fourth-order valence-electron chi connectivity index (χ4n) is 2.27. The van der Waals surface area contributed by atoms with Gasteiger partial charge in [-0.2, -0.15) is 0 Å². The molecule has 0 aliphatic carbocycles. The molecule has 5 nitrogen and oxygen atoms in total. The number of benzene rings is 2. The van der Waals surface area contributed by atoms with Gasteiger partial charge in [-0.05, 0) is 48.7 Å². The second-order valence-corrected chi connectivity index (χ2v) is 6.00. The van der Waals surface area contributed by atoms with E-state index in [9.17, 15) is 4.79 Å². The predicted octanol–water partition coefficient (Wildman–Crippen LogP) is 3.47. The van der Waals surface area contributed by atoms with Crippen LogP contribution < -0.4 is 5.32 Å². The van der Waals surface area contributed by atoms with Crippen molar-refractivity contribution in [3.8, 4) is 5.69 Å². The molecule has 0 fully saturated rings. The van der Waals surface area contributed by atoms with Gasteiger partial charge in [-0.3, -0.25) is 4.79 Å². The fourth-order valence-corrected chi connectivity index (χ4v) is 2.47. The lowest BCUT2D eigenvalue weighted by atomic mass is 10.1. The maximum atomic E-state index is 12.2. The number of hydrogen-bond donors (Lipinski definition) is 1. The van der Waals surface area contributed by atoms with Gasteiger partial charge in [-0.1, -0.05) is 41.1 Å². The molecule has 0 radical (unpaired) electrons. The maximum absolute atomic E-state index is 12.2. The Bertz CT molecular complexity index is 888. The van der Waals surface area contributed by atoms with Crippen molar-refractivity contribution in [1.29, 1.82) is 0 Å². The summed E-state index contributed by atoms with van der Waals surface area (Å²) < 4.78 is 1.59. The Kier molecular flexibility index (Phi) is 4.62. The number of aromatic nitrogens is 3. The Morgan fingerprint density at radius 2 is 1.96 bits per heavy atom. The largest absolute Gasteiger partial charge is 0.346 e. The fraction of sp³-hybridized carbons (Fsp3) is 0.167. The van der Waals surface area contributed by atoms with Crippen LogP contribution in [0.2, 0.25) is 5.02 Å². The molecule has 0 atom stereocenters. The van der Waals surface area contributed by atoms with Crippen LogP contribution in [-0.2, 0) is 6.54 Å². The van der Waals surface area contributed by atoms with Gasteiger partial charge < -0.3 is 5.32 Å². The molecule has 0 bridgehead atoms. The first-order chi connectivity index (χ1) is 11.5. The molecule has 0 saturated heterocycles. The maximum Gasteiger partial charge on any atom is 0.273 e. The molecule has 1 heterocycles. The predicted molar refractivity (Wildman–Crippen MR) is 93.5 cm³/mol. The highest BCUT2D eigenvalue weighted by atomic mass is 35.5. The Morgan fingerprint density at radius 1 is 1.17 bits per heavy atom. The molecule has 0 spiro atoms. The molecular formula is C18H17ClN4O. The van der Waals surface area contributed by atoms with Crippen LogP contribution in [0.25, 0.3) is 5.69 Å². The minimum Gasteiger partial charge on any atom is -0.346 e. The molecule has 0 aliphatic heterocycles. The van der Waals surface area contributed by atoms with Crippen LogP contribution in [0.3, 0.4) is 0 Å². The van der Waals surface area contributed by atoms with Crippen molar-refractivity contribution in [3.05, 3.63) is 76.1 Å². The van der Waals surface area contributed by atoms with E-state index in [1.54, 1.807) is 16.9 Å². The van der Waals surface area contributed by atoms with E-state index < -0.39 is 0 Å². The standard InChI is InChI=1S/C18H17ClN4O/c1-12-7-8-15(9-13(12)2)23-11-17(21-22-23)18(24)20-10-14-5-3-4-6-16(14)19/h3-9,11H,10H2,1-2H3,(H,20,24). The van der Waals surface area contributed by atoms with Crippen molar-refractivity contribution in [2.45, 2.75) is 20.4 Å². The number of nitrogens with zero attached hydrogens (tertiary/aromatic N) is 3. The summed E-state index contributed by atoms with van der Waals surface area (Å²) in [7, 11) is 0. The van der Waals surface area contributed by atoms with Gasteiger partial charge in [0.05, 0.1) is 11.9 Å². The summed E-state index contributed by atoms with van der Waals surface area (Å²) in [5.41, 5.74) is 4.36. The summed E-state index contributed by atoms with van der Waals surface area (Å²) in [6.45, 7) is 4.43. The normalized spacial score (nSPS) is 10.6. The number of carbonyl (C=O) groups is 1. The zero-order chi connectivity index (χ0) is 17.1. The number of rotatable bonds is 4. The first-order valence-electron chi connectivity index (χ1n) is 7.56. The van der Waals surface area contributed by atoms with Crippen LogP contribution in [0.1, 0.15) is 27.2 Å². The van der Waals surface area contributed by atoms with Gasteiger partial charge in [-0.15, -0.1) is 5.10 Å². The molecule has 1 N–H and O–H groups in total. The number of halogens is 1. The smallest absolute Gasteiger partial charge is 0.273 e. The molecular weight excluding hydrogens is 324 g/mol. The highest BCUT2D eigenvalue weighted by Gasteiger charge is 2.12. The summed E-state index contributed by atoms with van der Waals surface area (Å²) in [5, 5.41) is 11.4. The summed E-state index contributed by atoms with van der Waals surface area (Å²) in [6.07, 6.45) is 1.62. The third-order valence-electron chi connectivity index (χ3n) is 3.88. The van der Waals surface area contributed by atoms with E-state index in [0.717, 1.165) is 16.8 Å². The van der Waals surface area contributed by atoms with Gasteiger partial charge in [0.15, 0.2) is 5.69 Å². The molecule has 6 heteroatoms. The second kappa shape index (κ2) is 6.84. The SMILES string of the molecule is Cc1ccc(-n2cc(C(=O)NCc3ccccc3Cl)nn2)cc1C. The van der Waals surface area contributed by atoms with Crippen LogP contribution >= 0.6 is 11.6 Å².